The molecule has 114 valence electrons. The summed E-state index contributed by atoms with van der Waals surface area (Å²) < 4.78 is 26.6. The first-order chi connectivity index (χ1) is 10.1. The summed E-state index contributed by atoms with van der Waals surface area (Å²) in [4.78, 5) is 2.36. The molecular weight excluding hydrogens is 310 g/mol. The van der Waals surface area contributed by atoms with E-state index in [1.54, 1.807) is 18.2 Å². The maximum Gasteiger partial charge on any atom is 0.244 e. The van der Waals surface area contributed by atoms with Crippen LogP contribution in [0.25, 0.3) is 0 Å². The van der Waals surface area contributed by atoms with Gasteiger partial charge >= 0.3 is 0 Å². The Labute approximate surface area is 130 Å². The molecule has 1 aliphatic rings. The van der Waals surface area contributed by atoms with Gasteiger partial charge < -0.3 is 4.90 Å². The Morgan fingerprint density at radius 3 is 2.48 bits per heavy atom. The lowest BCUT2D eigenvalue weighted by Crippen LogP contribution is -2.48. The predicted octanol–water partition coefficient (Wildman–Crippen LogP) is 1.95. The molecule has 1 aromatic carbocycles. The highest BCUT2D eigenvalue weighted by Gasteiger charge is 2.29. The number of benzene rings is 1. The highest BCUT2D eigenvalue weighted by atomic mass is 35.5. The van der Waals surface area contributed by atoms with Crippen LogP contribution >= 0.6 is 11.6 Å². The monoisotopic (exact) mass is 327 g/mol. The minimum absolute atomic E-state index is 0.171. The van der Waals surface area contributed by atoms with Crippen LogP contribution in [0, 0.1) is 11.3 Å². The summed E-state index contributed by atoms with van der Waals surface area (Å²) in [5, 5.41) is 8.79. The van der Waals surface area contributed by atoms with E-state index in [1.807, 2.05) is 0 Å². The lowest BCUT2D eigenvalue weighted by molar-refractivity contribution is 0.187. The van der Waals surface area contributed by atoms with E-state index in [-0.39, 0.29) is 9.92 Å². The quantitative estimate of drug-likeness (QED) is 0.775. The number of rotatable bonds is 5. The van der Waals surface area contributed by atoms with Crippen LogP contribution < -0.4 is 0 Å². The summed E-state index contributed by atoms with van der Waals surface area (Å²) in [6.45, 7) is 3.14. The molecule has 2 rings (SSSR count). The predicted molar refractivity (Wildman–Crippen MR) is 81.5 cm³/mol. The summed E-state index contributed by atoms with van der Waals surface area (Å²) in [6.07, 6.45) is 1.37. The molecule has 0 unspecified atom stereocenters. The van der Waals surface area contributed by atoms with Gasteiger partial charge in [-0.25, -0.2) is 8.42 Å². The van der Waals surface area contributed by atoms with Crippen LogP contribution in [0.15, 0.2) is 29.2 Å². The molecule has 0 aliphatic carbocycles. The van der Waals surface area contributed by atoms with Gasteiger partial charge in [0.25, 0.3) is 0 Å². The maximum atomic E-state index is 12.6. The number of piperazine rings is 1. The standard InChI is InChI=1S/C14H18ClN3O2S/c15-13-5-1-2-6-14(13)21(19,20)18-11-9-17(10-12-18)8-4-3-7-16/h1-2,5-6H,3-4,8-12H2. The Bertz CT molecular complexity index is 619. The second-order valence-corrected chi connectivity index (χ2v) is 7.25. The second kappa shape index (κ2) is 7.23. The summed E-state index contributed by atoms with van der Waals surface area (Å²) >= 11 is 5.99. The van der Waals surface area contributed by atoms with Gasteiger partial charge in [-0.2, -0.15) is 9.57 Å². The summed E-state index contributed by atoms with van der Waals surface area (Å²) in [5.74, 6) is 0. The molecule has 0 bridgehead atoms. The van der Waals surface area contributed by atoms with Crippen LogP contribution in [-0.4, -0.2) is 50.3 Å². The Morgan fingerprint density at radius 1 is 1.19 bits per heavy atom. The van der Waals surface area contributed by atoms with Crippen LogP contribution in [0.5, 0.6) is 0 Å². The average Bonchev–Trinajstić information content (AvgIpc) is 2.48. The molecule has 0 saturated carbocycles. The molecule has 0 spiro atoms. The van der Waals surface area contributed by atoms with Crippen LogP contribution in [0.2, 0.25) is 5.02 Å². The number of unbranched alkanes of at least 4 members (excludes halogenated alkanes) is 1. The van der Waals surface area contributed by atoms with E-state index in [4.69, 9.17) is 16.9 Å². The lowest BCUT2D eigenvalue weighted by atomic mass is 10.3. The SMILES string of the molecule is N#CCCCN1CCN(S(=O)(=O)c2ccccc2Cl)CC1. The molecule has 1 saturated heterocycles. The molecule has 0 atom stereocenters. The molecule has 0 aromatic heterocycles. The normalized spacial score (nSPS) is 17.5. The Morgan fingerprint density at radius 2 is 1.86 bits per heavy atom. The molecule has 0 N–H and O–H groups in total. The van der Waals surface area contributed by atoms with E-state index in [0.29, 0.717) is 32.6 Å². The Hall–Kier alpha value is -1.13. The molecule has 1 aromatic rings. The zero-order chi connectivity index (χ0) is 15.3. The smallest absolute Gasteiger partial charge is 0.244 e. The third-order valence-electron chi connectivity index (χ3n) is 3.55. The van der Waals surface area contributed by atoms with Crippen molar-refractivity contribution in [2.45, 2.75) is 17.7 Å². The van der Waals surface area contributed by atoms with E-state index in [2.05, 4.69) is 11.0 Å². The van der Waals surface area contributed by atoms with Crippen molar-refractivity contribution in [1.29, 1.82) is 5.26 Å². The summed E-state index contributed by atoms with van der Waals surface area (Å²) in [6, 6.07) is 8.64. The van der Waals surface area contributed by atoms with Crippen LogP contribution in [0.3, 0.4) is 0 Å². The van der Waals surface area contributed by atoms with E-state index in [9.17, 15) is 8.42 Å². The van der Waals surface area contributed by atoms with Gasteiger partial charge in [0, 0.05) is 32.6 Å². The maximum absolute atomic E-state index is 12.6. The van der Waals surface area contributed by atoms with Gasteiger partial charge in [-0.3, -0.25) is 0 Å². The van der Waals surface area contributed by atoms with Crippen LogP contribution in [-0.2, 0) is 10.0 Å². The fourth-order valence-corrected chi connectivity index (χ4v) is 4.28. The van der Waals surface area contributed by atoms with Crippen molar-refractivity contribution >= 4 is 21.6 Å². The molecule has 21 heavy (non-hydrogen) atoms. The molecule has 5 nitrogen and oxygen atoms in total. The van der Waals surface area contributed by atoms with Crippen molar-refractivity contribution < 1.29 is 8.42 Å². The van der Waals surface area contributed by atoms with Gasteiger partial charge in [-0.05, 0) is 25.1 Å². The van der Waals surface area contributed by atoms with Gasteiger partial charge in [0.05, 0.1) is 11.1 Å². The molecule has 7 heteroatoms. The zero-order valence-electron chi connectivity index (χ0n) is 11.7. The fourth-order valence-electron chi connectivity index (χ4n) is 2.37. The number of nitrogens with zero attached hydrogens (tertiary/aromatic N) is 3. The number of hydrogen-bond donors (Lipinski definition) is 0. The average molecular weight is 328 g/mol. The van der Waals surface area contributed by atoms with Gasteiger partial charge in [-0.15, -0.1) is 0 Å². The van der Waals surface area contributed by atoms with E-state index in [0.717, 1.165) is 13.0 Å². The van der Waals surface area contributed by atoms with Crippen molar-refractivity contribution in [1.82, 2.24) is 9.21 Å². The minimum atomic E-state index is -3.52. The van der Waals surface area contributed by atoms with E-state index >= 15 is 0 Å². The molecule has 0 amide bonds. The molecule has 1 aliphatic heterocycles. The van der Waals surface area contributed by atoms with Crippen LogP contribution in [0.1, 0.15) is 12.8 Å². The van der Waals surface area contributed by atoms with Crippen molar-refractivity contribution in [3.63, 3.8) is 0 Å². The highest BCUT2D eigenvalue weighted by Crippen LogP contribution is 2.24. The first-order valence-corrected chi connectivity index (χ1v) is 8.71. The van der Waals surface area contributed by atoms with Crippen molar-refractivity contribution in [2.24, 2.45) is 0 Å². The van der Waals surface area contributed by atoms with Crippen molar-refractivity contribution in [2.75, 3.05) is 32.7 Å². The first-order valence-electron chi connectivity index (χ1n) is 6.89. The summed E-state index contributed by atoms with van der Waals surface area (Å²) in [7, 11) is -3.52. The Kier molecular flexibility index (Phi) is 5.59. The van der Waals surface area contributed by atoms with E-state index < -0.39 is 10.0 Å². The van der Waals surface area contributed by atoms with Crippen molar-refractivity contribution in [3.8, 4) is 6.07 Å². The van der Waals surface area contributed by atoms with Gasteiger partial charge in [0.1, 0.15) is 4.90 Å². The molecular formula is C14H18ClN3O2S. The minimum Gasteiger partial charge on any atom is -0.301 e. The third kappa shape index (κ3) is 3.95. The first kappa shape index (κ1) is 16.2. The van der Waals surface area contributed by atoms with Crippen LogP contribution in [0.4, 0.5) is 0 Å². The highest BCUT2D eigenvalue weighted by molar-refractivity contribution is 7.89. The number of halogens is 1. The Balaban J connectivity index is 1.99. The third-order valence-corrected chi connectivity index (χ3v) is 5.95. The molecule has 1 heterocycles. The number of nitriles is 1. The number of sulfonamides is 1. The molecule has 0 radical (unpaired) electrons. The fraction of sp³-hybridized carbons (Fsp3) is 0.500. The van der Waals surface area contributed by atoms with Gasteiger partial charge in [0.15, 0.2) is 0 Å². The zero-order valence-corrected chi connectivity index (χ0v) is 13.3. The van der Waals surface area contributed by atoms with Gasteiger partial charge in [0.2, 0.25) is 10.0 Å². The van der Waals surface area contributed by atoms with Gasteiger partial charge in [-0.1, -0.05) is 23.7 Å². The largest absolute Gasteiger partial charge is 0.301 e. The van der Waals surface area contributed by atoms with E-state index in [1.165, 1.54) is 10.4 Å². The number of hydrogen-bond acceptors (Lipinski definition) is 4. The lowest BCUT2D eigenvalue weighted by Gasteiger charge is -2.33. The molecule has 1 fully saturated rings. The van der Waals surface area contributed by atoms with Crippen molar-refractivity contribution in [3.05, 3.63) is 29.3 Å². The summed E-state index contributed by atoms with van der Waals surface area (Å²) in [5.41, 5.74) is 0. The topological polar surface area (TPSA) is 64.4 Å². The second-order valence-electron chi connectivity index (χ2n) is 4.94.